The second-order valence-corrected chi connectivity index (χ2v) is 4.95. The maximum Gasteiger partial charge on any atom is 0.0762 e. The minimum atomic E-state index is -0.460. The predicted molar refractivity (Wildman–Crippen MR) is 74.4 cm³/mol. The number of rotatable bonds is 6. The first-order valence-corrected chi connectivity index (χ1v) is 6.72. The highest BCUT2D eigenvalue weighted by molar-refractivity contribution is 9.10. The molecule has 0 bridgehead atoms. The Morgan fingerprint density at radius 1 is 1.35 bits per heavy atom. The Morgan fingerprint density at radius 3 is 2.53 bits per heavy atom. The normalized spacial score (nSPS) is 12.5. The summed E-state index contributed by atoms with van der Waals surface area (Å²) in [6.45, 7) is 5.54. The van der Waals surface area contributed by atoms with Gasteiger partial charge in [-0.05, 0) is 47.0 Å². The van der Waals surface area contributed by atoms with Crippen molar-refractivity contribution >= 4 is 21.6 Å². The summed E-state index contributed by atoms with van der Waals surface area (Å²) >= 11 is 3.52. The lowest BCUT2D eigenvalue weighted by Crippen LogP contribution is -2.27. The van der Waals surface area contributed by atoms with Gasteiger partial charge in [0.15, 0.2) is 0 Å². The Labute approximate surface area is 111 Å². The zero-order valence-corrected chi connectivity index (χ0v) is 11.9. The molecule has 0 spiro atoms. The number of aliphatic hydroxyl groups is 2. The zero-order valence-electron chi connectivity index (χ0n) is 10.4. The van der Waals surface area contributed by atoms with Crippen molar-refractivity contribution in [2.24, 2.45) is 0 Å². The van der Waals surface area contributed by atoms with E-state index in [1.54, 1.807) is 6.92 Å². The summed E-state index contributed by atoms with van der Waals surface area (Å²) in [7, 11) is 0. The second-order valence-electron chi connectivity index (χ2n) is 4.10. The Morgan fingerprint density at radius 2 is 2.06 bits per heavy atom. The molecule has 1 aromatic carbocycles. The molecule has 2 N–H and O–H groups in total. The molecule has 1 rings (SSSR count). The van der Waals surface area contributed by atoms with Crippen molar-refractivity contribution in [3.63, 3.8) is 0 Å². The van der Waals surface area contributed by atoms with E-state index in [1.807, 2.05) is 18.2 Å². The van der Waals surface area contributed by atoms with Crippen LogP contribution in [0.3, 0.4) is 0 Å². The van der Waals surface area contributed by atoms with Crippen molar-refractivity contribution < 1.29 is 10.2 Å². The van der Waals surface area contributed by atoms with E-state index in [0.717, 1.165) is 28.7 Å². The number of hydrogen-bond acceptors (Lipinski definition) is 3. The van der Waals surface area contributed by atoms with E-state index < -0.39 is 6.10 Å². The van der Waals surface area contributed by atoms with Crippen LogP contribution in [-0.4, -0.2) is 29.9 Å². The van der Waals surface area contributed by atoms with Crippen LogP contribution in [0.4, 0.5) is 5.69 Å². The topological polar surface area (TPSA) is 43.7 Å². The van der Waals surface area contributed by atoms with Gasteiger partial charge in [-0.25, -0.2) is 0 Å². The SMILES string of the molecule is CCCN(CCO)c1ccc([C@H](C)O)cc1Br. The molecule has 1 aromatic rings. The van der Waals surface area contributed by atoms with Crippen LogP contribution < -0.4 is 4.90 Å². The summed E-state index contributed by atoms with van der Waals surface area (Å²) in [6.07, 6.45) is 0.572. The Balaban J connectivity index is 2.95. The molecule has 17 heavy (non-hydrogen) atoms. The van der Waals surface area contributed by atoms with Gasteiger partial charge in [0.25, 0.3) is 0 Å². The van der Waals surface area contributed by atoms with E-state index in [-0.39, 0.29) is 6.61 Å². The van der Waals surface area contributed by atoms with Crippen molar-refractivity contribution in [1.82, 2.24) is 0 Å². The minimum absolute atomic E-state index is 0.143. The van der Waals surface area contributed by atoms with E-state index in [2.05, 4.69) is 27.8 Å². The molecule has 0 unspecified atom stereocenters. The third-order valence-corrected chi connectivity index (χ3v) is 3.29. The highest BCUT2D eigenvalue weighted by atomic mass is 79.9. The first-order chi connectivity index (χ1) is 8.10. The van der Waals surface area contributed by atoms with Crippen LogP contribution >= 0.6 is 15.9 Å². The quantitative estimate of drug-likeness (QED) is 0.849. The molecular weight excluding hydrogens is 282 g/mol. The van der Waals surface area contributed by atoms with Gasteiger partial charge >= 0.3 is 0 Å². The molecule has 0 aliphatic carbocycles. The van der Waals surface area contributed by atoms with E-state index in [1.165, 1.54) is 0 Å². The van der Waals surface area contributed by atoms with Crippen LogP contribution in [0.15, 0.2) is 22.7 Å². The first kappa shape index (κ1) is 14.5. The first-order valence-electron chi connectivity index (χ1n) is 5.93. The Hall–Kier alpha value is -0.580. The van der Waals surface area contributed by atoms with Gasteiger partial charge in [-0.3, -0.25) is 0 Å². The molecule has 0 radical (unpaired) electrons. The molecule has 0 heterocycles. The van der Waals surface area contributed by atoms with Gasteiger partial charge in [0.1, 0.15) is 0 Å². The van der Waals surface area contributed by atoms with Crippen molar-refractivity contribution in [2.75, 3.05) is 24.6 Å². The van der Waals surface area contributed by atoms with E-state index in [9.17, 15) is 5.11 Å². The third kappa shape index (κ3) is 3.98. The number of halogens is 1. The number of benzene rings is 1. The maximum absolute atomic E-state index is 9.51. The highest BCUT2D eigenvalue weighted by Gasteiger charge is 2.10. The fourth-order valence-electron chi connectivity index (χ4n) is 1.78. The van der Waals surface area contributed by atoms with Gasteiger partial charge in [-0.15, -0.1) is 0 Å². The van der Waals surface area contributed by atoms with Crippen molar-refractivity contribution in [3.8, 4) is 0 Å². The van der Waals surface area contributed by atoms with Gasteiger partial charge in [-0.2, -0.15) is 0 Å². The lowest BCUT2D eigenvalue weighted by atomic mass is 10.1. The summed E-state index contributed by atoms with van der Waals surface area (Å²) < 4.78 is 0.956. The monoisotopic (exact) mass is 301 g/mol. The van der Waals surface area contributed by atoms with E-state index in [0.29, 0.717) is 6.54 Å². The fourth-order valence-corrected chi connectivity index (χ4v) is 2.43. The zero-order chi connectivity index (χ0) is 12.8. The van der Waals surface area contributed by atoms with Crippen LogP contribution in [0.2, 0.25) is 0 Å². The molecule has 96 valence electrons. The third-order valence-electron chi connectivity index (χ3n) is 2.66. The molecule has 1 atom stereocenters. The van der Waals surface area contributed by atoms with Crippen LogP contribution in [-0.2, 0) is 0 Å². The van der Waals surface area contributed by atoms with Crippen molar-refractivity contribution in [3.05, 3.63) is 28.2 Å². The van der Waals surface area contributed by atoms with Crippen molar-refractivity contribution in [2.45, 2.75) is 26.4 Å². The summed E-state index contributed by atoms with van der Waals surface area (Å²) in [5.41, 5.74) is 1.95. The minimum Gasteiger partial charge on any atom is -0.395 e. The van der Waals surface area contributed by atoms with Gasteiger partial charge in [-0.1, -0.05) is 13.0 Å². The predicted octanol–water partition coefficient (Wildman–Crippen LogP) is 2.71. The van der Waals surface area contributed by atoms with Crippen LogP contribution in [0.25, 0.3) is 0 Å². The summed E-state index contributed by atoms with van der Waals surface area (Å²) in [4.78, 5) is 2.13. The molecule has 0 fully saturated rings. The summed E-state index contributed by atoms with van der Waals surface area (Å²) in [6, 6.07) is 5.84. The van der Waals surface area contributed by atoms with Crippen LogP contribution in [0.5, 0.6) is 0 Å². The molecule has 0 aliphatic heterocycles. The maximum atomic E-state index is 9.51. The van der Waals surface area contributed by atoms with Crippen LogP contribution in [0.1, 0.15) is 31.9 Å². The number of nitrogens with zero attached hydrogens (tertiary/aromatic N) is 1. The molecule has 0 amide bonds. The van der Waals surface area contributed by atoms with Gasteiger partial charge in [0.2, 0.25) is 0 Å². The molecule has 3 nitrogen and oxygen atoms in total. The standard InChI is InChI=1S/C13H20BrNO2/c1-3-6-15(7-8-16)13-5-4-11(10(2)17)9-12(13)14/h4-5,9-10,16-17H,3,6-8H2,1-2H3/t10-/m0/s1. The fraction of sp³-hybridized carbons (Fsp3) is 0.538. The number of anilines is 1. The lowest BCUT2D eigenvalue weighted by Gasteiger charge is -2.25. The lowest BCUT2D eigenvalue weighted by molar-refractivity contribution is 0.199. The average molecular weight is 302 g/mol. The largest absolute Gasteiger partial charge is 0.395 e. The molecule has 0 saturated heterocycles. The highest BCUT2D eigenvalue weighted by Crippen LogP contribution is 2.29. The molecule has 0 aromatic heterocycles. The summed E-state index contributed by atoms with van der Waals surface area (Å²) in [5.74, 6) is 0. The number of aliphatic hydroxyl groups excluding tert-OH is 2. The molecule has 0 aliphatic rings. The Kier molecular flexibility index (Phi) is 5.95. The van der Waals surface area contributed by atoms with Gasteiger partial charge in [0.05, 0.1) is 18.4 Å². The number of hydrogen-bond donors (Lipinski definition) is 2. The van der Waals surface area contributed by atoms with E-state index >= 15 is 0 Å². The van der Waals surface area contributed by atoms with Gasteiger partial charge < -0.3 is 15.1 Å². The molecular formula is C13H20BrNO2. The summed E-state index contributed by atoms with van der Waals surface area (Å²) in [5, 5.41) is 18.6. The Bertz CT molecular complexity index is 349. The van der Waals surface area contributed by atoms with Crippen LogP contribution in [0, 0.1) is 0 Å². The smallest absolute Gasteiger partial charge is 0.0762 e. The van der Waals surface area contributed by atoms with Crippen molar-refractivity contribution in [1.29, 1.82) is 0 Å². The average Bonchev–Trinajstić information content (AvgIpc) is 2.28. The van der Waals surface area contributed by atoms with E-state index in [4.69, 9.17) is 5.11 Å². The molecule has 0 saturated carbocycles. The second kappa shape index (κ2) is 6.99. The van der Waals surface area contributed by atoms with Gasteiger partial charge in [0, 0.05) is 17.6 Å². The molecule has 4 heteroatoms.